The SMILES string of the molecule is COc1ccc(C(Cl)CCOCC(F)F)c(F)c1. The maximum atomic E-state index is 13.6. The maximum Gasteiger partial charge on any atom is 0.261 e. The lowest BCUT2D eigenvalue weighted by molar-refractivity contribution is 0.0165. The molecule has 0 saturated carbocycles. The summed E-state index contributed by atoms with van der Waals surface area (Å²) < 4.78 is 46.7. The summed E-state index contributed by atoms with van der Waals surface area (Å²) in [5.41, 5.74) is 0.304. The Hall–Kier alpha value is -0.940. The first-order valence-corrected chi connectivity index (χ1v) is 5.81. The van der Waals surface area contributed by atoms with Crippen LogP contribution in [-0.2, 0) is 4.74 Å². The average Bonchev–Trinajstić information content (AvgIpc) is 2.33. The zero-order valence-electron chi connectivity index (χ0n) is 9.84. The van der Waals surface area contributed by atoms with Crippen LogP contribution >= 0.6 is 11.6 Å². The third-order valence-corrected chi connectivity index (χ3v) is 2.76. The number of hydrogen-bond acceptors (Lipinski definition) is 2. The highest BCUT2D eigenvalue weighted by Crippen LogP contribution is 2.28. The van der Waals surface area contributed by atoms with Crippen LogP contribution in [0.4, 0.5) is 13.2 Å². The van der Waals surface area contributed by atoms with Crippen molar-refractivity contribution in [3.8, 4) is 5.75 Å². The molecule has 1 rings (SSSR count). The Morgan fingerprint density at radius 1 is 1.33 bits per heavy atom. The van der Waals surface area contributed by atoms with Crippen LogP contribution in [0.5, 0.6) is 5.75 Å². The zero-order valence-corrected chi connectivity index (χ0v) is 10.6. The van der Waals surface area contributed by atoms with E-state index < -0.39 is 24.2 Å². The molecule has 0 radical (unpaired) electrons. The molecule has 1 aromatic rings. The largest absolute Gasteiger partial charge is 0.497 e. The number of alkyl halides is 3. The van der Waals surface area contributed by atoms with Crippen molar-refractivity contribution in [1.82, 2.24) is 0 Å². The molecule has 0 bridgehead atoms. The highest BCUT2D eigenvalue weighted by Gasteiger charge is 2.14. The smallest absolute Gasteiger partial charge is 0.261 e. The van der Waals surface area contributed by atoms with Gasteiger partial charge in [0.2, 0.25) is 0 Å². The lowest BCUT2D eigenvalue weighted by atomic mass is 10.1. The van der Waals surface area contributed by atoms with Crippen LogP contribution in [0.25, 0.3) is 0 Å². The summed E-state index contributed by atoms with van der Waals surface area (Å²) in [6.07, 6.45) is -2.24. The lowest BCUT2D eigenvalue weighted by Gasteiger charge is -2.12. The molecule has 1 unspecified atom stereocenters. The number of ether oxygens (including phenoxy) is 2. The van der Waals surface area contributed by atoms with Crippen molar-refractivity contribution in [2.24, 2.45) is 0 Å². The van der Waals surface area contributed by atoms with E-state index in [0.717, 1.165) is 0 Å². The van der Waals surface area contributed by atoms with Crippen molar-refractivity contribution >= 4 is 11.6 Å². The maximum absolute atomic E-state index is 13.6. The zero-order chi connectivity index (χ0) is 13.5. The van der Waals surface area contributed by atoms with E-state index >= 15 is 0 Å². The molecule has 0 aromatic heterocycles. The minimum absolute atomic E-state index is 0.0595. The first-order chi connectivity index (χ1) is 8.54. The van der Waals surface area contributed by atoms with E-state index in [2.05, 4.69) is 0 Å². The number of rotatable bonds is 7. The first kappa shape index (κ1) is 15.1. The molecule has 0 saturated heterocycles. The van der Waals surface area contributed by atoms with Gasteiger partial charge in [0.25, 0.3) is 6.43 Å². The fourth-order valence-electron chi connectivity index (χ4n) is 1.40. The van der Waals surface area contributed by atoms with E-state index in [4.69, 9.17) is 21.1 Å². The molecule has 0 spiro atoms. The molecule has 102 valence electrons. The Kier molecular flexibility index (Phi) is 6.29. The van der Waals surface area contributed by atoms with Gasteiger partial charge in [0, 0.05) is 18.2 Å². The summed E-state index contributed by atoms with van der Waals surface area (Å²) in [4.78, 5) is 0. The van der Waals surface area contributed by atoms with E-state index in [1.165, 1.54) is 19.2 Å². The molecule has 1 aromatic carbocycles. The lowest BCUT2D eigenvalue weighted by Crippen LogP contribution is -2.07. The molecule has 18 heavy (non-hydrogen) atoms. The number of hydrogen-bond donors (Lipinski definition) is 0. The summed E-state index contributed by atoms with van der Waals surface area (Å²) in [6, 6.07) is 4.33. The molecular weight excluding hydrogens is 269 g/mol. The van der Waals surface area contributed by atoms with E-state index in [-0.39, 0.29) is 13.0 Å². The second kappa shape index (κ2) is 7.48. The van der Waals surface area contributed by atoms with Crippen LogP contribution < -0.4 is 4.74 Å². The van der Waals surface area contributed by atoms with E-state index in [0.29, 0.717) is 11.3 Å². The van der Waals surface area contributed by atoms with Gasteiger partial charge in [0.1, 0.15) is 18.2 Å². The fraction of sp³-hybridized carbons (Fsp3) is 0.500. The van der Waals surface area contributed by atoms with Gasteiger partial charge in [-0.05, 0) is 12.5 Å². The van der Waals surface area contributed by atoms with Crippen LogP contribution in [0.3, 0.4) is 0 Å². The molecule has 1 atom stereocenters. The fourth-order valence-corrected chi connectivity index (χ4v) is 1.67. The van der Waals surface area contributed by atoms with Crippen molar-refractivity contribution in [2.75, 3.05) is 20.3 Å². The Morgan fingerprint density at radius 2 is 2.06 bits per heavy atom. The third-order valence-electron chi connectivity index (χ3n) is 2.30. The van der Waals surface area contributed by atoms with E-state index in [1.807, 2.05) is 0 Å². The highest BCUT2D eigenvalue weighted by atomic mass is 35.5. The van der Waals surface area contributed by atoms with Gasteiger partial charge in [0.05, 0.1) is 12.5 Å². The number of benzene rings is 1. The Balaban J connectivity index is 2.48. The molecule has 6 heteroatoms. The molecule has 0 fully saturated rings. The van der Waals surface area contributed by atoms with Crippen LogP contribution in [0, 0.1) is 5.82 Å². The number of methoxy groups -OCH3 is 1. The normalized spacial score (nSPS) is 12.8. The van der Waals surface area contributed by atoms with Crippen LogP contribution in [0.1, 0.15) is 17.4 Å². The molecule has 0 N–H and O–H groups in total. The number of halogens is 4. The van der Waals surface area contributed by atoms with Gasteiger partial charge in [-0.25, -0.2) is 13.2 Å². The topological polar surface area (TPSA) is 18.5 Å². The Bertz CT molecular complexity index is 374. The summed E-state index contributed by atoms with van der Waals surface area (Å²) in [5, 5.41) is -0.617. The third kappa shape index (κ3) is 4.74. The van der Waals surface area contributed by atoms with Gasteiger partial charge in [-0.2, -0.15) is 0 Å². The van der Waals surface area contributed by atoms with Gasteiger partial charge in [-0.15, -0.1) is 11.6 Å². The van der Waals surface area contributed by atoms with Crippen molar-refractivity contribution in [3.63, 3.8) is 0 Å². The van der Waals surface area contributed by atoms with Crippen LogP contribution in [0.2, 0.25) is 0 Å². The quantitative estimate of drug-likeness (QED) is 0.560. The van der Waals surface area contributed by atoms with E-state index in [1.54, 1.807) is 6.07 Å². The first-order valence-electron chi connectivity index (χ1n) is 5.38. The van der Waals surface area contributed by atoms with Crippen molar-refractivity contribution in [2.45, 2.75) is 18.2 Å². The van der Waals surface area contributed by atoms with Gasteiger partial charge in [-0.3, -0.25) is 0 Å². The van der Waals surface area contributed by atoms with Crippen LogP contribution in [-0.4, -0.2) is 26.7 Å². The van der Waals surface area contributed by atoms with E-state index in [9.17, 15) is 13.2 Å². The summed E-state index contributed by atoms with van der Waals surface area (Å²) in [5.74, 6) is -0.0859. The van der Waals surface area contributed by atoms with Crippen molar-refractivity contribution < 1.29 is 22.6 Å². The summed E-state index contributed by atoms with van der Waals surface area (Å²) in [6.45, 7) is -0.571. The summed E-state index contributed by atoms with van der Waals surface area (Å²) in [7, 11) is 1.44. The Labute approximate surface area is 109 Å². The van der Waals surface area contributed by atoms with Gasteiger partial charge in [0.15, 0.2) is 0 Å². The minimum atomic E-state index is -2.50. The monoisotopic (exact) mass is 282 g/mol. The molecule has 0 aliphatic carbocycles. The van der Waals surface area contributed by atoms with Gasteiger partial charge in [-0.1, -0.05) is 6.07 Å². The average molecular weight is 283 g/mol. The predicted molar refractivity (Wildman–Crippen MR) is 63.0 cm³/mol. The molecule has 0 aliphatic rings. The second-order valence-electron chi connectivity index (χ2n) is 3.61. The molecule has 0 amide bonds. The van der Waals surface area contributed by atoms with Gasteiger partial charge < -0.3 is 9.47 Å². The Morgan fingerprint density at radius 3 is 2.61 bits per heavy atom. The molecule has 2 nitrogen and oxygen atoms in total. The van der Waals surface area contributed by atoms with Gasteiger partial charge >= 0.3 is 0 Å². The minimum Gasteiger partial charge on any atom is -0.497 e. The van der Waals surface area contributed by atoms with Crippen molar-refractivity contribution in [1.29, 1.82) is 0 Å². The molecule has 0 aliphatic heterocycles. The predicted octanol–water partition coefficient (Wildman–Crippen LogP) is 3.79. The second-order valence-corrected chi connectivity index (χ2v) is 4.14. The standard InChI is InChI=1S/C12H14ClF3O2/c1-17-8-2-3-9(11(14)6-8)10(13)4-5-18-7-12(15)16/h2-3,6,10,12H,4-5,7H2,1H3. The van der Waals surface area contributed by atoms with Crippen molar-refractivity contribution in [3.05, 3.63) is 29.6 Å². The summed E-state index contributed by atoms with van der Waals surface area (Å²) >= 11 is 5.97. The molecular formula is C12H14ClF3O2. The van der Waals surface area contributed by atoms with Crippen LogP contribution in [0.15, 0.2) is 18.2 Å². The molecule has 0 heterocycles. The highest BCUT2D eigenvalue weighted by molar-refractivity contribution is 6.20.